The number of hydrogen-bond donors (Lipinski definition) is 3. The number of amides is 2. The summed E-state index contributed by atoms with van der Waals surface area (Å²) in [5.74, 6) is -1.62. The Morgan fingerprint density at radius 2 is 1.48 bits per heavy atom. The number of urea groups is 1. The van der Waals surface area contributed by atoms with Crippen molar-refractivity contribution in [3.8, 4) is 16.9 Å². The molecule has 5 rings (SSSR count). The highest BCUT2D eigenvalue weighted by atomic mass is 16.5. The van der Waals surface area contributed by atoms with E-state index < -0.39 is 11.9 Å². The van der Waals surface area contributed by atoms with Crippen molar-refractivity contribution in [2.75, 3.05) is 17.2 Å². The van der Waals surface area contributed by atoms with Gasteiger partial charge in [-0.15, -0.1) is 0 Å². The van der Waals surface area contributed by atoms with Gasteiger partial charge in [0.05, 0.1) is 18.2 Å². The molecule has 0 aliphatic heterocycles. The molecule has 1 heterocycles. The number of aliphatic carboxylic acids is 1. The summed E-state index contributed by atoms with van der Waals surface area (Å²) in [5, 5.41) is 16.4. The summed E-state index contributed by atoms with van der Waals surface area (Å²) >= 11 is 0. The zero-order valence-corrected chi connectivity index (χ0v) is 23.3. The van der Waals surface area contributed by atoms with Crippen LogP contribution in [0.15, 0.2) is 103 Å². The number of anilines is 2. The number of benzene rings is 4. The Labute approximate surface area is 243 Å². The number of carboxylic acid groups (broad SMARTS) is 1. The minimum atomic E-state index is -1.03. The molecule has 0 spiro atoms. The number of aryl methyl sites for hydroxylation is 1. The van der Waals surface area contributed by atoms with E-state index in [0.29, 0.717) is 34.9 Å². The van der Waals surface area contributed by atoms with E-state index >= 15 is 0 Å². The van der Waals surface area contributed by atoms with Crippen LogP contribution >= 0.6 is 0 Å². The molecule has 8 nitrogen and oxygen atoms in total. The van der Waals surface area contributed by atoms with Gasteiger partial charge in [-0.2, -0.15) is 0 Å². The summed E-state index contributed by atoms with van der Waals surface area (Å²) < 4.78 is 7.43. The molecule has 0 bridgehead atoms. The Morgan fingerprint density at radius 3 is 2.17 bits per heavy atom. The number of fused-ring (bicyclic) bond motifs is 1. The maximum atomic E-state index is 13.1. The fraction of sp³-hybridized carbons (Fsp3) is 0.147. The van der Waals surface area contributed by atoms with Crippen LogP contribution < -0.4 is 15.4 Å². The SMILES string of the molecule is CCOc1ccccc1NC(=O)Nc1ccc(-c2ccc(C(=O)CC(C(=O)O)c3cn(C)c4ccccc34)cc2)cc1. The van der Waals surface area contributed by atoms with Gasteiger partial charge in [-0.1, -0.05) is 66.7 Å². The lowest BCUT2D eigenvalue weighted by atomic mass is 9.91. The smallest absolute Gasteiger partial charge is 0.323 e. The van der Waals surface area contributed by atoms with Gasteiger partial charge in [-0.3, -0.25) is 9.59 Å². The van der Waals surface area contributed by atoms with Gasteiger partial charge in [0.25, 0.3) is 0 Å². The highest BCUT2D eigenvalue weighted by molar-refractivity contribution is 6.02. The van der Waals surface area contributed by atoms with Crippen LogP contribution in [-0.2, 0) is 11.8 Å². The van der Waals surface area contributed by atoms with Crippen LogP contribution in [0.4, 0.5) is 16.2 Å². The number of Topliss-reactive ketones (excluding diaryl/α,β-unsaturated/α-hetero) is 1. The Hall–Kier alpha value is -5.37. The van der Waals surface area contributed by atoms with E-state index in [9.17, 15) is 19.5 Å². The lowest BCUT2D eigenvalue weighted by Crippen LogP contribution is -2.19. The Morgan fingerprint density at radius 1 is 0.833 bits per heavy atom. The van der Waals surface area contributed by atoms with Crippen molar-refractivity contribution >= 4 is 40.1 Å². The number of ketones is 1. The first kappa shape index (κ1) is 28.2. The minimum Gasteiger partial charge on any atom is -0.492 e. The summed E-state index contributed by atoms with van der Waals surface area (Å²) in [7, 11) is 1.87. The van der Waals surface area contributed by atoms with Crippen molar-refractivity contribution in [2.24, 2.45) is 7.05 Å². The molecule has 2 amide bonds. The lowest BCUT2D eigenvalue weighted by Gasteiger charge is -2.12. The second-order valence-corrected chi connectivity index (χ2v) is 9.89. The Kier molecular flexibility index (Phi) is 8.34. The summed E-state index contributed by atoms with van der Waals surface area (Å²) in [6, 6.07) is 28.9. The Balaban J connectivity index is 1.24. The highest BCUT2D eigenvalue weighted by Gasteiger charge is 2.27. The molecule has 212 valence electrons. The first-order chi connectivity index (χ1) is 20.3. The largest absolute Gasteiger partial charge is 0.492 e. The number of carbonyl (C=O) groups excluding carboxylic acids is 2. The van der Waals surface area contributed by atoms with Gasteiger partial charge in [-0.05, 0) is 53.9 Å². The molecular formula is C34H31N3O5. The molecule has 1 unspecified atom stereocenters. The number of rotatable bonds is 10. The molecule has 42 heavy (non-hydrogen) atoms. The van der Waals surface area contributed by atoms with Crippen molar-refractivity contribution < 1.29 is 24.2 Å². The maximum absolute atomic E-state index is 13.1. The molecule has 1 aromatic heterocycles. The van der Waals surface area contributed by atoms with Gasteiger partial charge in [-0.25, -0.2) is 4.79 Å². The molecule has 0 radical (unpaired) electrons. The normalized spacial score (nSPS) is 11.6. The van der Waals surface area contributed by atoms with Crippen molar-refractivity contribution in [3.63, 3.8) is 0 Å². The van der Waals surface area contributed by atoms with Gasteiger partial charge in [0.1, 0.15) is 5.75 Å². The second kappa shape index (κ2) is 12.4. The number of nitrogens with one attached hydrogen (secondary N) is 2. The third-order valence-corrected chi connectivity index (χ3v) is 7.11. The van der Waals surface area contributed by atoms with E-state index in [0.717, 1.165) is 22.0 Å². The lowest BCUT2D eigenvalue weighted by molar-refractivity contribution is -0.138. The highest BCUT2D eigenvalue weighted by Crippen LogP contribution is 2.31. The quantitative estimate of drug-likeness (QED) is 0.155. The molecule has 0 saturated carbocycles. The molecular weight excluding hydrogens is 530 g/mol. The number of nitrogens with zero attached hydrogens (tertiary/aromatic N) is 1. The molecule has 0 aliphatic rings. The van der Waals surface area contributed by atoms with E-state index in [-0.39, 0.29) is 18.2 Å². The van der Waals surface area contributed by atoms with Crippen molar-refractivity contribution in [1.82, 2.24) is 4.57 Å². The number of aromatic nitrogens is 1. The van der Waals surface area contributed by atoms with E-state index in [1.807, 2.05) is 79.2 Å². The molecule has 0 saturated heterocycles. The predicted molar refractivity (Wildman–Crippen MR) is 164 cm³/mol. The van der Waals surface area contributed by atoms with E-state index in [1.54, 1.807) is 42.6 Å². The molecule has 8 heteroatoms. The van der Waals surface area contributed by atoms with Crippen LogP contribution in [0.3, 0.4) is 0 Å². The summed E-state index contributed by atoms with van der Waals surface area (Å²) in [6.07, 6.45) is 1.65. The van der Waals surface area contributed by atoms with Crippen molar-refractivity contribution in [2.45, 2.75) is 19.3 Å². The van der Waals surface area contributed by atoms with Crippen LogP contribution in [0.25, 0.3) is 22.0 Å². The fourth-order valence-electron chi connectivity index (χ4n) is 5.01. The van der Waals surface area contributed by atoms with Crippen LogP contribution in [-0.4, -0.2) is 34.1 Å². The zero-order chi connectivity index (χ0) is 29.6. The van der Waals surface area contributed by atoms with E-state index in [4.69, 9.17) is 4.74 Å². The first-order valence-electron chi connectivity index (χ1n) is 13.6. The van der Waals surface area contributed by atoms with Gasteiger partial charge in [0, 0.05) is 41.8 Å². The predicted octanol–water partition coefficient (Wildman–Crippen LogP) is 7.33. The van der Waals surface area contributed by atoms with Crippen molar-refractivity contribution in [1.29, 1.82) is 0 Å². The number of carboxylic acids is 1. The third-order valence-electron chi connectivity index (χ3n) is 7.11. The third kappa shape index (κ3) is 6.18. The van der Waals surface area contributed by atoms with Gasteiger partial charge in [0.2, 0.25) is 0 Å². The molecule has 5 aromatic rings. The standard InChI is InChI=1S/C34H31N3O5/c1-3-42-32-11-7-5-9-29(32)36-34(41)35-25-18-16-23(17-19-25)22-12-14-24(15-13-22)31(38)20-27(33(39)40)28-21-37(2)30-10-6-4-8-26(28)30/h4-19,21,27H,3,20H2,1-2H3,(H,39,40)(H2,35,36,41). The summed E-state index contributed by atoms with van der Waals surface area (Å²) in [5.41, 5.74) is 4.99. The minimum absolute atomic E-state index is 0.139. The summed E-state index contributed by atoms with van der Waals surface area (Å²) in [4.78, 5) is 37.8. The monoisotopic (exact) mass is 561 g/mol. The van der Waals surface area contributed by atoms with E-state index in [1.165, 1.54) is 0 Å². The van der Waals surface area contributed by atoms with Gasteiger partial charge in [0.15, 0.2) is 5.78 Å². The molecule has 3 N–H and O–H groups in total. The number of hydrogen-bond acceptors (Lipinski definition) is 4. The van der Waals surface area contributed by atoms with Crippen LogP contribution in [0.2, 0.25) is 0 Å². The number of ether oxygens (including phenoxy) is 1. The zero-order valence-electron chi connectivity index (χ0n) is 23.3. The maximum Gasteiger partial charge on any atom is 0.323 e. The van der Waals surface area contributed by atoms with Gasteiger partial charge >= 0.3 is 12.0 Å². The average molecular weight is 562 g/mol. The number of carbonyl (C=O) groups is 3. The summed E-state index contributed by atoms with van der Waals surface area (Å²) in [6.45, 7) is 2.37. The van der Waals surface area contributed by atoms with Crippen LogP contribution in [0, 0.1) is 0 Å². The van der Waals surface area contributed by atoms with Crippen molar-refractivity contribution in [3.05, 3.63) is 114 Å². The van der Waals surface area contributed by atoms with Gasteiger partial charge < -0.3 is 25.0 Å². The Bertz CT molecular complexity index is 1740. The van der Waals surface area contributed by atoms with Crippen LogP contribution in [0.5, 0.6) is 5.75 Å². The molecule has 0 fully saturated rings. The number of para-hydroxylation sites is 3. The average Bonchev–Trinajstić information content (AvgIpc) is 3.33. The molecule has 1 atom stereocenters. The molecule has 0 aliphatic carbocycles. The fourth-order valence-corrected chi connectivity index (χ4v) is 5.01. The first-order valence-corrected chi connectivity index (χ1v) is 13.6. The van der Waals surface area contributed by atoms with E-state index in [2.05, 4.69) is 10.6 Å². The van der Waals surface area contributed by atoms with Crippen LogP contribution in [0.1, 0.15) is 35.2 Å². The molecule has 4 aromatic carbocycles. The topological polar surface area (TPSA) is 110 Å². The second-order valence-electron chi connectivity index (χ2n) is 9.89.